The number of halogens is 3. The molecule has 0 aliphatic rings. The molecule has 0 radical (unpaired) electrons. The fraction of sp³-hybridized carbons (Fsp3) is 0.500. The van der Waals surface area contributed by atoms with Crippen molar-refractivity contribution in [2.24, 2.45) is 5.92 Å². The highest BCUT2D eigenvalue weighted by Crippen LogP contribution is 2.15. The molecular weight excluding hydrogens is 325 g/mol. The molecule has 134 valence electrons. The van der Waals surface area contributed by atoms with Gasteiger partial charge in [0.1, 0.15) is 6.04 Å². The summed E-state index contributed by atoms with van der Waals surface area (Å²) < 4.78 is 41.7. The number of likely N-dealkylation sites (N-methyl/N-ethyl adjacent to an activating group) is 1. The van der Waals surface area contributed by atoms with Gasteiger partial charge in [0.25, 0.3) is 5.91 Å². The Kier molecular flexibility index (Phi) is 7.21. The van der Waals surface area contributed by atoms with E-state index in [1.807, 2.05) is 0 Å². The van der Waals surface area contributed by atoms with Crippen molar-refractivity contribution in [3.8, 4) is 0 Å². The minimum Gasteiger partial charge on any atom is -0.454 e. The van der Waals surface area contributed by atoms with Crippen LogP contribution in [0.15, 0.2) is 30.3 Å². The zero-order valence-electron chi connectivity index (χ0n) is 13.8. The minimum absolute atomic E-state index is 0.415. The number of amides is 1. The summed E-state index contributed by atoms with van der Waals surface area (Å²) in [4.78, 5) is 25.3. The summed E-state index contributed by atoms with van der Waals surface area (Å²) in [6.07, 6.45) is -4.43. The number of para-hydroxylation sites is 1. The monoisotopic (exact) mass is 346 g/mol. The Morgan fingerprint density at radius 1 is 1.21 bits per heavy atom. The molecule has 1 amide bonds. The van der Waals surface area contributed by atoms with Crippen LogP contribution in [0.3, 0.4) is 0 Å². The Balaban J connectivity index is 2.57. The van der Waals surface area contributed by atoms with Gasteiger partial charge < -0.3 is 9.64 Å². The number of carbonyl (C=O) groups is 2. The first-order valence-corrected chi connectivity index (χ1v) is 7.40. The van der Waals surface area contributed by atoms with Gasteiger partial charge in [0.2, 0.25) is 0 Å². The molecular formula is C16H21F3N2O3. The first kappa shape index (κ1) is 20.0. The van der Waals surface area contributed by atoms with Crippen LogP contribution in [0.4, 0.5) is 18.9 Å². The maximum absolute atomic E-state index is 12.3. The van der Waals surface area contributed by atoms with E-state index in [0.717, 1.165) is 0 Å². The predicted octanol–water partition coefficient (Wildman–Crippen LogP) is 2.37. The topological polar surface area (TPSA) is 58.6 Å². The van der Waals surface area contributed by atoms with E-state index in [9.17, 15) is 22.8 Å². The zero-order chi connectivity index (χ0) is 18.3. The summed E-state index contributed by atoms with van der Waals surface area (Å²) in [7, 11) is 1.52. The van der Waals surface area contributed by atoms with Gasteiger partial charge in [0.15, 0.2) is 6.61 Å². The first-order chi connectivity index (χ1) is 11.1. The average molecular weight is 346 g/mol. The zero-order valence-corrected chi connectivity index (χ0v) is 13.8. The number of alkyl halides is 3. The highest BCUT2D eigenvalue weighted by molar-refractivity contribution is 5.94. The SMILES string of the molecule is CC(C)[C@@H](NCC(F)(F)F)C(=O)OCC(=O)N(C)c1ccccc1. The van der Waals surface area contributed by atoms with Gasteiger partial charge in [0, 0.05) is 12.7 Å². The molecule has 0 bridgehead atoms. The van der Waals surface area contributed by atoms with Crippen LogP contribution in [0, 0.1) is 5.92 Å². The summed E-state index contributed by atoms with van der Waals surface area (Å²) in [5, 5.41) is 2.12. The van der Waals surface area contributed by atoms with Crippen LogP contribution in [-0.2, 0) is 14.3 Å². The van der Waals surface area contributed by atoms with E-state index in [4.69, 9.17) is 4.74 Å². The van der Waals surface area contributed by atoms with E-state index in [1.165, 1.54) is 11.9 Å². The third-order valence-corrected chi connectivity index (χ3v) is 3.30. The molecule has 0 unspecified atom stereocenters. The number of esters is 1. The first-order valence-electron chi connectivity index (χ1n) is 7.40. The highest BCUT2D eigenvalue weighted by Gasteiger charge is 2.32. The molecule has 24 heavy (non-hydrogen) atoms. The van der Waals surface area contributed by atoms with Crippen molar-refractivity contribution in [1.29, 1.82) is 0 Å². The highest BCUT2D eigenvalue weighted by atomic mass is 19.4. The number of benzene rings is 1. The number of carbonyl (C=O) groups excluding carboxylic acids is 2. The maximum Gasteiger partial charge on any atom is 0.401 e. The fourth-order valence-corrected chi connectivity index (χ4v) is 1.93. The van der Waals surface area contributed by atoms with E-state index >= 15 is 0 Å². The molecule has 0 saturated heterocycles. The van der Waals surface area contributed by atoms with Gasteiger partial charge in [-0.1, -0.05) is 32.0 Å². The molecule has 0 saturated carbocycles. The lowest BCUT2D eigenvalue weighted by atomic mass is 10.0. The number of ether oxygens (including phenoxy) is 1. The third-order valence-electron chi connectivity index (χ3n) is 3.30. The molecule has 0 spiro atoms. The summed E-state index contributed by atoms with van der Waals surface area (Å²) in [5.41, 5.74) is 0.620. The van der Waals surface area contributed by atoms with Crippen LogP contribution in [-0.4, -0.2) is 44.3 Å². The second kappa shape index (κ2) is 8.68. The van der Waals surface area contributed by atoms with E-state index in [-0.39, 0.29) is 0 Å². The summed E-state index contributed by atoms with van der Waals surface area (Å²) in [6.45, 7) is 1.34. The molecule has 1 atom stereocenters. The average Bonchev–Trinajstić information content (AvgIpc) is 2.51. The Morgan fingerprint density at radius 3 is 2.29 bits per heavy atom. The van der Waals surface area contributed by atoms with Crippen LogP contribution in [0.25, 0.3) is 0 Å². The molecule has 0 heterocycles. The van der Waals surface area contributed by atoms with E-state index in [1.54, 1.807) is 44.2 Å². The van der Waals surface area contributed by atoms with E-state index in [2.05, 4.69) is 5.32 Å². The number of anilines is 1. The Labute approximate surface area is 138 Å². The van der Waals surface area contributed by atoms with Crippen molar-refractivity contribution in [2.45, 2.75) is 26.1 Å². The summed E-state index contributed by atoms with van der Waals surface area (Å²) >= 11 is 0. The van der Waals surface area contributed by atoms with Crippen molar-refractivity contribution < 1.29 is 27.5 Å². The molecule has 0 fully saturated rings. The fourth-order valence-electron chi connectivity index (χ4n) is 1.93. The third kappa shape index (κ3) is 6.57. The number of rotatable bonds is 7. The standard InChI is InChI=1S/C16H21F3N2O3/c1-11(2)14(20-10-16(17,18)19)15(23)24-9-13(22)21(3)12-7-5-4-6-8-12/h4-8,11,14,20H,9-10H2,1-3H3/t14-/m1/s1. The molecule has 0 aliphatic carbocycles. The van der Waals surface area contributed by atoms with E-state index in [0.29, 0.717) is 5.69 Å². The Morgan fingerprint density at radius 2 is 1.79 bits per heavy atom. The van der Waals surface area contributed by atoms with Crippen LogP contribution >= 0.6 is 0 Å². The number of nitrogens with one attached hydrogen (secondary N) is 1. The number of hydrogen-bond donors (Lipinski definition) is 1. The van der Waals surface area contributed by atoms with Crippen molar-refractivity contribution in [3.63, 3.8) is 0 Å². The Bertz CT molecular complexity index is 547. The smallest absolute Gasteiger partial charge is 0.401 e. The second-order valence-corrected chi connectivity index (χ2v) is 5.61. The van der Waals surface area contributed by atoms with Crippen LogP contribution in [0.1, 0.15) is 13.8 Å². The molecule has 8 heteroatoms. The molecule has 1 N–H and O–H groups in total. The van der Waals surface area contributed by atoms with Crippen LogP contribution in [0.2, 0.25) is 0 Å². The van der Waals surface area contributed by atoms with Crippen molar-refractivity contribution in [2.75, 3.05) is 25.1 Å². The van der Waals surface area contributed by atoms with Gasteiger partial charge in [-0.15, -0.1) is 0 Å². The Hall–Kier alpha value is -2.09. The lowest BCUT2D eigenvalue weighted by Gasteiger charge is -2.22. The summed E-state index contributed by atoms with van der Waals surface area (Å²) in [6, 6.07) is 7.58. The quantitative estimate of drug-likeness (QED) is 0.770. The normalized spacial score (nSPS) is 12.8. The lowest BCUT2D eigenvalue weighted by Crippen LogP contribution is -2.46. The molecule has 5 nitrogen and oxygen atoms in total. The van der Waals surface area contributed by atoms with Gasteiger partial charge in [0.05, 0.1) is 6.54 Å². The lowest BCUT2D eigenvalue weighted by molar-refractivity contribution is -0.153. The van der Waals surface area contributed by atoms with Gasteiger partial charge in [-0.3, -0.25) is 14.9 Å². The largest absolute Gasteiger partial charge is 0.454 e. The molecule has 0 aliphatic heterocycles. The number of hydrogen-bond acceptors (Lipinski definition) is 4. The van der Waals surface area contributed by atoms with Gasteiger partial charge >= 0.3 is 12.1 Å². The van der Waals surface area contributed by atoms with Crippen molar-refractivity contribution in [3.05, 3.63) is 30.3 Å². The van der Waals surface area contributed by atoms with E-state index < -0.39 is 43.2 Å². The van der Waals surface area contributed by atoms with Gasteiger partial charge in [-0.2, -0.15) is 13.2 Å². The van der Waals surface area contributed by atoms with Crippen LogP contribution < -0.4 is 10.2 Å². The molecule has 1 rings (SSSR count). The second-order valence-electron chi connectivity index (χ2n) is 5.61. The molecule has 0 aromatic heterocycles. The van der Waals surface area contributed by atoms with Crippen LogP contribution in [0.5, 0.6) is 0 Å². The number of nitrogens with zero attached hydrogens (tertiary/aromatic N) is 1. The predicted molar refractivity (Wildman–Crippen MR) is 83.5 cm³/mol. The molecule has 1 aromatic carbocycles. The maximum atomic E-state index is 12.3. The summed E-state index contributed by atoms with van der Waals surface area (Å²) in [5.74, 6) is -1.78. The van der Waals surface area contributed by atoms with Gasteiger partial charge in [-0.25, -0.2) is 0 Å². The van der Waals surface area contributed by atoms with Gasteiger partial charge in [-0.05, 0) is 18.1 Å². The van der Waals surface area contributed by atoms with Crippen molar-refractivity contribution in [1.82, 2.24) is 5.32 Å². The minimum atomic E-state index is -4.43. The van der Waals surface area contributed by atoms with Crippen molar-refractivity contribution >= 4 is 17.6 Å². The molecule has 1 aromatic rings.